The zero-order valence-electron chi connectivity index (χ0n) is 14.0. The van der Waals surface area contributed by atoms with Crippen molar-refractivity contribution in [1.82, 2.24) is 10.2 Å². The highest BCUT2D eigenvalue weighted by Crippen LogP contribution is 2.27. The largest absolute Gasteiger partial charge is 0.479 e. The number of nitrogens with zero attached hydrogens (tertiary/aromatic N) is 1. The summed E-state index contributed by atoms with van der Waals surface area (Å²) in [5, 5.41) is 11.9. The Hall–Kier alpha value is -2.42. The summed E-state index contributed by atoms with van der Waals surface area (Å²) < 4.78 is 23.2. The summed E-state index contributed by atoms with van der Waals surface area (Å²) in [5.74, 6) is -2.68. The van der Waals surface area contributed by atoms with Gasteiger partial charge in [0.05, 0.1) is 17.4 Å². The van der Waals surface area contributed by atoms with Crippen molar-refractivity contribution in [3.63, 3.8) is 0 Å². The van der Waals surface area contributed by atoms with Gasteiger partial charge in [-0.3, -0.25) is 9.59 Å². The van der Waals surface area contributed by atoms with Crippen LogP contribution in [0.2, 0.25) is 0 Å². The van der Waals surface area contributed by atoms with Gasteiger partial charge in [-0.25, -0.2) is 13.2 Å². The van der Waals surface area contributed by atoms with E-state index in [1.54, 1.807) is 30.3 Å². The van der Waals surface area contributed by atoms with Crippen LogP contribution in [0.15, 0.2) is 30.3 Å². The molecule has 1 aromatic carbocycles. The lowest BCUT2D eigenvalue weighted by Gasteiger charge is -2.23. The molecular weight excluding hydrogens is 360 g/mol. The summed E-state index contributed by atoms with van der Waals surface area (Å²) in [6.45, 7) is 0.117. The maximum Gasteiger partial charge on any atom is 0.330 e. The van der Waals surface area contributed by atoms with E-state index in [0.717, 1.165) is 0 Å². The number of amides is 2. The highest BCUT2D eigenvalue weighted by Gasteiger charge is 2.42. The minimum absolute atomic E-state index is 0.0382. The number of aliphatic carboxylic acids is 1. The van der Waals surface area contributed by atoms with E-state index < -0.39 is 39.7 Å². The highest BCUT2D eigenvalue weighted by atomic mass is 32.2. The molecule has 26 heavy (non-hydrogen) atoms. The number of rotatable bonds is 5. The average Bonchev–Trinajstić information content (AvgIpc) is 3.15. The number of carboxylic acids is 1. The fourth-order valence-corrected chi connectivity index (χ4v) is 5.21. The average molecular weight is 380 g/mol. The van der Waals surface area contributed by atoms with Gasteiger partial charge < -0.3 is 15.3 Å². The molecule has 2 saturated heterocycles. The van der Waals surface area contributed by atoms with Gasteiger partial charge in [0.1, 0.15) is 0 Å². The van der Waals surface area contributed by atoms with E-state index in [-0.39, 0.29) is 30.4 Å². The number of nitrogens with one attached hydrogen (secondary N) is 1. The summed E-state index contributed by atoms with van der Waals surface area (Å²) in [7, 11) is -3.13. The monoisotopic (exact) mass is 380 g/mol. The quantitative estimate of drug-likeness (QED) is 0.740. The van der Waals surface area contributed by atoms with E-state index in [1.807, 2.05) is 0 Å². The second-order valence-corrected chi connectivity index (χ2v) is 8.92. The molecule has 2 amide bonds. The van der Waals surface area contributed by atoms with Crippen LogP contribution in [0.3, 0.4) is 0 Å². The molecule has 2 unspecified atom stereocenters. The Labute approximate surface area is 151 Å². The molecule has 8 nitrogen and oxygen atoms in total. The second kappa shape index (κ2) is 7.06. The number of likely N-dealkylation sites (tertiary alicyclic amines) is 1. The third-order valence-corrected chi connectivity index (χ3v) is 6.60. The molecular formula is C17H20N2O6S. The van der Waals surface area contributed by atoms with Crippen molar-refractivity contribution in [3.8, 4) is 0 Å². The lowest BCUT2D eigenvalue weighted by atomic mass is 10.0. The smallest absolute Gasteiger partial charge is 0.330 e. The molecule has 140 valence electrons. The molecule has 0 spiro atoms. The van der Waals surface area contributed by atoms with Gasteiger partial charge in [-0.15, -0.1) is 0 Å². The molecule has 0 radical (unpaired) electrons. The predicted octanol–water partition coefficient (Wildman–Crippen LogP) is -0.0359. The van der Waals surface area contributed by atoms with E-state index in [0.29, 0.717) is 12.0 Å². The fraction of sp³-hybridized carbons (Fsp3) is 0.471. The molecule has 3 atom stereocenters. The topological polar surface area (TPSA) is 121 Å². The maximum absolute atomic E-state index is 12.5. The van der Waals surface area contributed by atoms with Gasteiger partial charge in [0, 0.05) is 19.0 Å². The van der Waals surface area contributed by atoms with Gasteiger partial charge in [0.2, 0.25) is 11.8 Å². The van der Waals surface area contributed by atoms with Crippen molar-refractivity contribution in [2.45, 2.75) is 24.9 Å². The van der Waals surface area contributed by atoms with E-state index in [4.69, 9.17) is 0 Å². The Balaban J connectivity index is 1.67. The van der Waals surface area contributed by atoms with Crippen LogP contribution in [-0.4, -0.2) is 60.3 Å². The summed E-state index contributed by atoms with van der Waals surface area (Å²) in [6, 6.07) is 6.73. The third kappa shape index (κ3) is 3.87. The Kier molecular flexibility index (Phi) is 4.99. The van der Waals surface area contributed by atoms with Gasteiger partial charge in [0.15, 0.2) is 15.9 Å². The van der Waals surface area contributed by atoms with Crippen LogP contribution in [0, 0.1) is 5.92 Å². The van der Waals surface area contributed by atoms with Gasteiger partial charge in [-0.05, 0) is 12.0 Å². The SMILES string of the molecule is O=C(N[C@H](C(=O)O)c1ccccc1)C1CC(=O)N(C2CCS(=O)(=O)C2)C1. The van der Waals surface area contributed by atoms with E-state index in [9.17, 15) is 27.9 Å². The first-order chi connectivity index (χ1) is 12.3. The van der Waals surface area contributed by atoms with Crippen LogP contribution in [0.5, 0.6) is 0 Å². The zero-order chi connectivity index (χ0) is 18.9. The number of carbonyl (C=O) groups is 3. The summed E-state index contributed by atoms with van der Waals surface area (Å²) in [5.41, 5.74) is 0.441. The normalized spacial score (nSPS) is 25.8. The number of hydrogen-bond donors (Lipinski definition) is 2. The fourth-order valence-electron chi connectivity index (χ4n) is 3.47. The molecule has 0 saturated carbocycles. The zero-order valence-corrected chi connectivity index (χ0v) is 14.8. The Morgan fingerprint density at radius 3 is 2.50 bits per heavy atom. The summed E-state index contributed by atoms with van der Waals surface area (Å²) >= 11 is 0. The van der Waals surface area contributed by atoms with Crippen LogP contribution in [0.25, 0.3) is 0 Å². The molecule has 2 N–H and O–H groups in total. The van der Waals surface area contributed by atoms with Crippen LogP contribution < -0.4 is 5.32 Å². The first-order valence-electron chi connectivity index (χ1n) is 8.35. The lowest BCUT2D eigenvalue weighted by Crippen LogP contribution is -2.40. The molecule has 0 aromatic heterocycles. The van der Waals surface area contributed by atoms with Crippen LogP contribution >= 0.6 is 0 Å². The van der Waals surface area contributed by atoms with Gasteiger partial charge in [0.25, 0.3) is 0 Å². The highest BCUT2D eigenvalue weighted by molar-refractivity contribution is 7.91. The van der Waals surface area contributed by atoms with Crippen molar-refractivity contribution >= 4 is 27.6 Å². The Morgan fingerprint density at radius 2 is 1.92 bits per heavy atom. The minimum atomic E-state index is -3.13. The molecule has 3 rings (SSSR count). The number of sulfone groups is 1. The summed E-state index contributed by atoms with van der Waals surface area (Å²) in [4.78, 5) is 37.7. The molecule has 2 aliphatic heterocycles. The van der Waals surface area contributed by atoms with Crippen LogP contribution in [-0.2, 0) is 24.2 Å². The number of carboxylic acid groups (broad SMARTS) is 1. The second-order valence-electron chi connectivity index (χ2n) is 6.69. The Bertz CT molecular complexity index is 823. The number of hydrogen-bond acceptors (Lipinski definition) is 5. The van der Waals surface area contributed by atoms with Crippen molar-refractivity contribution in [2.24, 2.45) is 5.92 Å². The standard InChI is InChI=1S/C17H20N2O6S/c20-14-8-12(9-19(14)13-6-7-26(24,25)10-13)16(21)18-15(17(22)23)11-4-2-1-3-5-11/h1-5,12-13,15H,6-10H2,(H,18,21)(H,22,23)/t12?,13?,15-/m0/s1. The molecule has 0 bridgehead atoms. The van der Waals surface area contributed by atoms with Gasteiger partial charge in [-0.2, -0.15) is 0 Å². The first-order valence-corrected chi connectivity index (χ1v) is 10.2. The number of benzene rings is 1. The minimum Gasteiger partial charge on any atom is -0.479 e. The molecule has 2 fully saturated rings. The molecule has 0 aliphatic carbocycles. The predicted molar refractivity (Wildman–Crippen MR) is 91.8 cm³/mol. The summed E-state index contributed by atoms with van der Waals surface area (Å²) in [6.07, 6.45) is 0.341. The van der Waals surface area contributed by atoms with Crippen molar-refractivity contribution in [2.75, 3.05) is 18.1 Å². The maximum atomic E-state index is 12.5. The van der Waals surface area contributed by atoms with Gasteiger partial charge >= 0.3 is 5.97 Å². The lowest BCUT2D eigenvalue weighted by molar-refractivity contribution is -0.142. The van der Waals surface area contributed by atoms with Crippen molar-refractivity contribution in [1.29, 1.82) is 0 Å². The van der Waals surface area contributed by atoms with E-state index >= 15 is 0 Å². The van der Waals surface area contributed by atoms with Crippen molar-refractivity contribution < 1.29 is 27.9 Å². The third-order valence-electron chi connectivity index (χ3n) is 4.84. The van der Waals surface area contributed by atoms with Gasteiger partial charge in [-0.1, -0.05) is 30.3 Å². The van der Waals surface area contributed by atoms with Crippen LogP contribution in [0.1, 0.15) is 24.4 Å². The van der Waals surface area contributed by atoms with E-state index in [2.05, 4.69) is 5.32 Å². The number of carbonyl (C=O) groups excluding carboxylic acids is 2. The Morgan fingerprint density at radius 1 is 1.23 bits per heavy atom. The molecule has 9 heteroatoms. The molecule has 1 aromatic rings. The molecule has 2 heterocycles. The van der Waals surface area contributed by atoms with E-state index in [1.165, 1.54) is 4.90 Å². The molecule has 2 aliphatic rings. The van der Waals surface area contributed by atoms with Crippen molar-refractivity contribution in [3.05, 3.63) is 35.9 Å². The van der Waals surface area contributed by atoms with Crippen LogP contribution in [0.4, 0.5) is 0 Å². The first kappa shape index (κ1) is 18.4.